The summed E-state index contributed by atoms with van der Waals surface area (Å²) >= 11 is 0. The van der Waals surface area contributed by atoms with E-state index in [1.54, 1.807) is 6.21 Å². The highest BCUT2D eigenvalue weighted by Gasteiger charge is 1.89. The van der Waals surface area contributed by atoms with Gasteiger partial charge < -0.3 is 10.5 Å². The number of rotatable bonds is 5. The third kappa shape index (κ3) is 5.74. The lowest BCUT2D eigenvalue weighted by atomic mass is 10.2. The molecule has 0 aliphatic carbocycles. The Labute approximate surface area is 124 Å². The van der Waals surface area contributed by atoms with Crippen LogP contribution in [0.2, 0.25) is 0 Å². The zero-order chi connectivity index (χ0) is 14.8. The zero-order valence-corrected chi connectivity index (χ0v) is 11.6. The van der Waals surface area contributed by atoms with E-state index in [-0.39, 0.29) is 6.02 Å². The lowest BCUT2D eigenvalue weighted by Gasteiger charge is -1.98. The molecule has 4 nitrogen and oxygen atoms in total. The van der Waals surface area contributed by atoms with Gasteiger partial charge in [-0.05, 0) is 17.2 Å². The molecule has 0 unspecified atom stereocenters. The molecule has 2 aromatic rings. The van der Waals surface area contributed by atoms with Crippen LogP contribution in [0.3, 0.4) is 0 Å². The molecular formula is C17H17N3O. The summed E-state index contributed by atoms with van der Waals surface area (Å²) in [5.74, 6) is 0. The Morgan fingerprint density at radius 2 is 1.57 bits per heavy atom. The summed E-state index contributed by atoms with van der Waals surface area (Å²) in [7, 11) is 0. The molecule has 0 saturated carbocycles. The second-order valence-corrected chi connectivity index (χ2v) is 4.22. The van der Waals surface area contributed by atoms with Crippen LogP contribution in [0.15, 0.2) is 76.9 Å². The average Bonchev–Trinajstić information content (AvgIpc) is 2.54. The van der Waals surface area contributed by atoms with Gasteiger partial charge in [-0.2, -0.15) is 5.10 Å². The van der Waals surface area contributed by atoms with Crippen LogP contribution in [0.1, 0.15) is 11.1 Å². The van der Waals surface area contributed by atoms with E-state index in [9.17, 15) is 0 Å². The van der Waals surface area contributed by atoms with Crippen molar-refractivity contribution in [2.45, 2.75) is 0 Å². The van der Waals surface area contributed by atoms with Crippen LogP contribution < -0.4 is 5.73 Å². The Morgan fingerprint density at radius 3 is 2.24 bits per heavy atom. The van der Waals surface area contributed by atoms with Gasteiger partial charge in [-0.25, -0.2) is 0 Å². The highest BCUT2D eigenvalue weighted by molar-refractivity contribution is 5.80. The minimum absolute atomic E-state index is 0.0416. The third-order valence-electron chi connectivity index (χ3n) is 2.60. The predicted octanol–water partition coefficient (Wildman–Crippen LogP) is 3.07. The maximum absolute atomic E-state index is 5.60. The maximum Gasteiger partial charge on any atom is 0.306 e. The van der Waals surface area contributed by atoms with Crippen molar-refractivity contribution in [3.8, 4) is 0 Å². The molecule has 2 rings (SSSR count). The van der Waals surface area contributed by atoms with E-state index in [4.69, 9.17) is 10.5 Å². The smallest absolute Gasteiger partial charge is 0.306 e. The topological polar surface area (TPSA) is 60.0 Å². The Morgan fingerprint density at radius 1 is 0.952 bits per heavy atom. The van der Waals surface area contributed by atoms with Gasteiger partial charge in [0.25, 0.3) is 0 Å². The molecule has 0 saturated heterocycles. The molecule has 0 spiro atoms. The van der Waals surface area contributed by atoms with Crippen molar-refractivity contribution in [3.05, 3.63) is 77.9 Å². The van der Waals surface area contributed by atoms with Crippen LogP contribution in [-0.2, 0) is 4.74 Å². The largest absolute Gasteiger partial charge is 0.460 e. The molecule has 0 aromatic heterocycles. The number of benzene rings is 2. The van der Waals surface area contributed by atoms with Crippen molar-refractivity contribution < 1.29 is 4.74 Å². The number of nitrogens with zero attached hydrogens (tertiary/aromatic N) is 2. The molecule has 0 atom stereocenters. The van der Waals surface area contributed by atoms with E-state index in [1.807, 2.05) is 72.8 Å². The van der Waals surface area contributed by atoms with Crippen molar-refractivity contribution in [3.63, 3.8) is 0 Å². The highest BCUT2D eigenvalue weighted by Crippen LogP contribution is 2.00. The average molecular weight is 279 g/mol. The van der Waals surface area contributed by atoms with Gasteiger partial charge in [-0.1, -0.05) is 71.8 Å². The number of amidine groups is 1. The van der Waals surface area contributed by atoms with Gasteiger partial charge in [-0.15, -0.1) is 0 Å². The summed E-state index contributed by atoms with van der Waals surface area (Å²) < 4.78 is 5.23. The second kappa shape index (κ2) is 8.32. The molecule has 0 amide bonds. The van der Waals surface area contributed by atoms with Crippen LogP contribution in [0, 0.1) is 0 Å². The summed E-state index contributed by atoms with van der Waals surface area (Å²) in [5, 5.41) is 7.64. The Hall–Kier alpha value is -2.88. The Balaban J connectivity index is 1.76. The standard InChI is InChI=1S/C17H17N3O/c18-17(20-19-14-16-10-5-2-6-11-16)21-13-7-12-15-8-3-1-4-9-15/h1-12,14H,13H2,(H2,18,20). The summed E-state index contributed by atoms with van der Waals surface area (Å²) in [6.07, 6.45) is 5.45. The quantitative estimate of drug-likeness (QED) is 0.519. The van der Waals surface area contributed by atoms with Gasteiger partial charge in [0.2, 0.25) is 0 Å². The number of hydrogen-bond acceptors (Lipinski definition) is 3. The van der Waals surface area contributed by atoms with Crippen LogP contribution in [-0.4, -0.2) is 18.8 Å². The van der Waals surface area contributed by atoms with Crippen LogP contribution in [0.25, 0.3) is 6.08 Å². The maximum atomic E-state index is 5.60. The molecule has 0 heterocycles. The van der Waals surface area contributed by atoms with E-state index in [0.29, 0.717) is 6.61 Å². The summed E-state index contributed by atoms with van der Waals surface area (Å²) in [5.41, 5.74) is 7.66. The van der Waals surface area contributed by atoms with Crippen LogP contribution in [0.4, 0.5) is 0 Å². The van der Waals surface area contributed by atoms with Crippen LogP contribution in [0.5, 0.6) is 0 Å². The SMILES string of the molecule is N/C(=N\N=Cc1ccccc1)OCC=Cc1ccccc1. The predicted molar refractivity (Wildman–Crippen MR) is 87.1 cm³/mol. The molecular weight excluding hydrogens is 262 g/mol. The Bertz CT molecular complexity index is 619. The lowest BCUT2D eigenvalue weighted by molar-refractivity contribution is 0.343. The minimum atomic E-state index is 0.0416. The van der Waals surface area contributed by atoms with E-state index in [2.05, 4.69) is 10.2 Å². The Kier molecular flexibility index (Phi) is 5.76. The number of hydrogen-bond donors (Lipinski definition) is 1. The van der Waals surface area contributed by atoms with Gasteiger partial charge in [0, 0.05) is 0 Å². The van der Waals surface area contributed by atoms with Crippen molar-refractivity contribution in [1.82, 2.24) is 0 Å². The van der Waals surface area contributed by atoms with E-state index in [0.717, 1.165) is 11.1 Å². The van der Waals surface area contributed by atoms with Crippen molar-refractivity contribution in [1.29, 1.82) is 0 Å². The molecule has 21 heavy (non-hydrogen) atoms. The first-order chi connectivity index (χ1) is 10.3. The minimum Gasteiger partial charge on any atom is -0.460 e. The molecule has 0 radical (unpaired) electrons. The summed E-state index contributed by atoms with van der Waals surface area (Å²) in [6, 6.07) is 19.7. The normalized spacial score (nSPS) is 12.1. The summed E-state index contributed by atoms with van der Waals surface area (Å²) in [4.78, 5) is 0. The number of ether oxygens (including phenoxy) is 1. The zero-order valence-electron chi connectivity index (χ0n) is 11.6. The molecule has 106 valence electrons. The molecule has 2 aromatic carbocycles. The van der Waals surface area contributed by atoms with E-state index in [1.165, 1.54) is 0 Å². The first kappa shape index (κ1) is 14.5. The molecule has 0 aliphatic rings. The van der Waals surface area contributed by atoms with Gasteiger partial charge >= 0.3 is 6.02 Å². The third-order valence-corrected chi connectivity index (χ3v) is 2.60. The van der Waals surface area contributed by atoms with E-state index < -0.39 is 0 Å². The highest BCUT2D eigenvalue weighted by atomic mass is 16.5. The molecule has 0 aliphatic heterocycles. The van der Waals surface area contributed by atoms with Gasteiger partial charge in [0.05, 0.1) is 6.21 Å². The number of nitrogens with two attached hydrogens (primary N) is 1. The fourth-order valence-corrected chi connectivity index (χ4v) is 1.60. The monoisotopic (exact) mass is 279 g/mol. The first-order valence-corrected chi connectivity index (χ1v) is 6.60. The van der Waals surface area contributed by atoms with Crippen LogP contribution >= 0.6 is 0 Å². The summed E-state index contributed by atoms with van der Waals surface area (Å²) in [6.45, 7) is 0.352. The van der Waals surface area contributed by atoms with Crippen molar-refractivity contribution >= 4 is 18.3 Å². The fourth-order valence-electron chi connectivity index (χ4n) is 1.60. The van der Waals surface area contributed by atoms with Gasteiger partial charge in [0.15, 0.2) is 0 Å². The van der Waals surface area contributed by atoms with E-state index >= 15 is 0 Å². The molecule has 2 N–H and O–H groups in total. The van der Waals surface area contributed by atoms with Crippen molar-refractivity contribution in [2.75, 3.05) is 6.61 Å². The van der Waals surface area contributed by atoms with Gasteiger partial charge in [-0.3, -0.25) is 0 Å². The molecule has 4 heteroatoms. The lowest BCUT2D eigenvalue weighted by Crippen LogP contribution is -2.15. The fraction of sp³-hybridized carbons (Fsp3) is 0.0588. The first-order valence-electron chi connectivity index (χ1n) is 6.60. The molecule has 0 bridgehead atoms. The van der Waals surface area contributed by atoms with Crippen molar-refractivity contribution in [2.24, 2.45) is 15.9 Å². The molecule has 0 fully saturated rings. The second-order valence-electron chi connectivity index (χ2n) is 4.22. The van der Waals surface area contributed by atoms with Gasteiger partial charge in [0.1, 0.15) is 6.61 Å².